The molecular formula is C28H34N4O. The number of aryl methyl sites for hydroxylation is 1. The maximum atomic E-state index is 12.5. The molecule has 1 amide bonds. The van der Waals surface area contributed by atoms with Gasteiger partial charge in [-0.2, -0.15) is 5.10 Å². The van der Waals surface area contributed by atoms with Gasteiger partial charge in [0.15, 0.2) is 0 Å². The molecule has 3 aromatic rings. The molecule has 0 atom stereocenters. The molecule has 2 heterocycles. The van der Waals surface area contributed by atoms with E-state index in [9.17, 15) is 4.79 Å². The fourth-order valence-electron chi connectivity index (χ4n) is 4.45. The van der Waals surface area contributed by atoms with Crippen molar-refractivity contribution < 1.29 is 4.79 Å². The second-order valence-electron chi connectivity index (χ2n) is 9.90. The minimum atomic E-state index is -0.203. The van der Waals surface area contributed by atoms with Crippen LogP contribution in [0, 0.1) is 13.8 Å². The van der Waals surface area contributed by atoms with Crippen molar-refractivity contribution in [2.24, 2.45) is 5.10 Å². The Bertz CT molecular complexity index is 1140. The third-order valence-corrected chi connectivity index (χ3v) is 6.43. The summed E-state index contributed by atoms with van der Waals surface area (Å²) in [5, 5.41) is 4.22. The smallest absolute Gasteiger partial charge is 0.271 e. The Hall–Kier alpha value is -3.34. The van der Waals surface area contributed by atoms with Crippen LogP contribution in [0.4, 0.5) is 5.69 Å². The zero-order valence-corrected chi connectivity index (χ0v) is 20.4. The lowest BCUT2D eigenvalue weighted by atomic mass is 9.87. The SMILES string of the molecule is Cc1cc(/C=N\NC(=O)c2ccc(N3CCCC3)cc2)c(C)n1-c1ccc(C(C)(C)C)cc1. The van der Waals surface area contributed by atoms with Crippen molar-refractivity contribution in [3.05, 3.63) is 82.7 Å². The molecule has 1 aromatic heterocycles. The van der Waals surface area contributed by atoms with Gasteiger partial charge in [0, 0.05) is 47.0 Å². The number of rotatable bonds is 5. The maximum absolute atomic E-state index is 12.5. The Labute approximate surface area is 197 Å². The summed E-state index contributed by atoms with van der Waals surface area (Å²) in [6, 6.07) is 18.6. The molecule has 0 spiro atoms. The maximum Gasteiger partial charge on any atom is 0.271 e. The van der Waals surface area contributed by atoms with Crippen molar-refractivity contribution in [2.75, 3.05) is 18.0 Å². The van der Waals surface area contributed by atoms with E-state index in [0.717, 1.165) is 35.7 Å². The third-order valence-electron chi connectivity index (χ3n) is 6.43. The monoisotopic (exact) mass is 442 g/mol. The first-order valence-corrected chi connectivity index (χ1v) is 11.7. The van der Waals surface area contributed by atoms with Crippen LogP contribution in [0.5, 0.6) is 0 Å². The first-order valence-electron chi connectivity index (χ1n) is 11.7. The first kappa shape index (κ1) is 22.8. The minimum Gasteiger partial charge on any atom is -0.372 e. The summed E-state index contributed by atoms with van der Waals surface area (Å²) in [6.45, 7) is 13.0. The molecule has 0 aliphatic carbocycles. The van der Waals surface area contributed by atoms with E-state index in [-0.39, 0.29) is 11.3 Å². The minimum absolute atomic E-state index is 0.129. The van der Waals surface area contributed by atoms with Gasteiger partial charge < -0.3 is 9.47 Å². The van der Waals surface area contributed by atoms with Crippen molar-refractivity contribution >= 4 is 17.8 Å². The Morgan fingerprint density at radius 1 is 0.939 bits per heavy atom. The molecule has 4 rings (SSSR count). The van der Waals surface area contributed by atoms with Crippen molar-refractivity contribution in [3.63, 3.8) is 0 Å². The van der Waals surface area contributed by atoms with Crippen molar-refractivity contribution in [3.8, 4) is 5.69 Å². The molecule has 5 heteroatoms. The summed E-state index contributed by atoms with van der Waals surface area (Å²) in [4.78, 5) is 14.9. The van der Waals surface area contributed by atoms with Gasteiger partial charge in [0.25, 0.3) is 5.91 Å². The van der Waals surface area contributed by atoms with Crippen molar-refractivity contribution in [1.82, 2.24) is 9.99 Å². The predicted molar refractivity (Wildman–Crippen MR) is 137 cm³/mol. The number of amides is 1. The first-order chi connectivity index (χ1) is 15.7. The zero-order chi connectivity index (χ0) is 23.6. The van der Waals surface area contributed by atoms with Gasteiger partial charge in [-0.25, -0.2) is 5.43 Å². The molecule has 1 saturated heterocycles. The molecule has 172 valence electrons. The molecule has 1 fully saturated rings. The highest BCUT2D eigenvalue weighted by molar-refractivity contribution is 5.95. The largest absolute Gasteiger partial charge is 0.372 e. The fraction of sp³-hybridized carbons (Fsp3) is 0.357. The van der Waals surface area contributed by atoms with Gasteiger partial charge in [0.05, 0.1) is 6.21 Å². The van der Waals surface area contributed by atoms with Crippen LogP contribution in [0.1, 0.15) is 66.5 Å². The highest BCUT2D eigenvalue weighted by atomic mass is 16.2. The topological polar surface area (TPSA) is 49.6 Å². The van der Waals surface area contributed by atoms with Crippen LogP contribution in [-0.4, -0.2) is 29.8 Å². The van der Waals surface area contributed by atoms with Gasteiger partial charge in [-0.05, 0) is 80.1 Å². The molecule has 0 saturated carbocycles. The number of aromatic nitrogens is 1. The van der Waals surface area contributed by atoms with E-state index in [4.69, 9.17) is 0 Å². The standard InChI is InChI=1S/C28H34N4O/c1-20-18-23(21(2)32(20)26-14-10-24(11-15-26)28(3,4)5)19-29-30-27(33)22-8-12-25(13-9-22)31-16-6-7-17-31/h8-15,18-19H,6-7,16-17H2,1-5H3,(H,30,33)/b29-19-. The molecule has 33 heavy (non-hydrogen) atoms. The molecule has 1 N–H and O–H groups in total. The van der Waals surface area contributed by atoms with Crippen LogP contribution in [0.2, 0.25) is 0 Å². The molecular weight excluding hydrogens is 408 g/mol. The van der Waals surface area contributed by atoms with E-state index >= 15 is 0 Å². The van der Waals surface area contributed by atoms with E-state index in [1.54, 1.807) is 6.21 Å². The predicted octanol–water partition coefficient (Wildman–Crippen LogP) is 5.76. The summed E-state index contributed by atoms with van der Waals surface area (Å²) in [5.41, 5.74) is 10.2. The highest BCUT2D eigenvalue weighted by Crippen LogP contribution is 2.25. The Kier molecular flexibility index (Phi) is 6.41. The lowest BCUT2D eigenvalue weighted by Crippen LogP contribution is -2.19. The quantitative estimate of drug-likeness (QED) is 0.404. The van der Waals surface area contributed by atoms with Crippen LogP contribution < -0.4 is 10.3 Å². The lowest BCUT2D eigenvalue weighted by molar-refractivity contribution is 0.0955. The number of carbonyl (C=O) groups excluding carboxylic acids is 1. The molecule has 0 unspecified atom stereocenters. The summed E-state index contributed by atoms with van der Waals surface area (Å²) in [6.07, 6.45) is 4.19. The summed E-state index contributed by atoms with van der Waals surface area (Å²) >= 11 is 0. The molecule has 0 bridgehead atoms. The van der Waals surface area contributed by atoms with Gasteiger partial charge in [-0.15, -0.1) is 0 Å². The van der Waals surface area contributed by atoms with Gasteiger partial charge in [-0.1, -0.05) is 32.9 Å². The summed E-state index contributed by atoms with van der Waals surface area (Å²) in [7, 11) is 0. The zero-order valence-electron chi connectivity index (χ0n) is 20.4. The molecule has 0 radical (unpaired) electrons. The number of hydrogen-bond acceptors (Lipinski definition) is 3. The van der Waals surface area contributed by atoms with E-state index < -0.39 is 0 Å². The molecule has 2 aromatic carbocycles. The van der Waals surface area contributed by atoms with Gasteiger partial charge in [-0.3, -0.25) is 4.79 Å². The van der Waals surface area contributed by atoms with Crippen LogP contribution in [0.3, 0.4) is 0 Å². The van der Waals surface area contributed by atoms with Gasteiger partial charge in [0.1, 0.15) is 0 Å². The number of carbonyl (C=O) groups is 1. The highest BCUT2D eigenvalue weighted by Gasteiger charge is 2.15. The normalized spacial score (nSPS) is 14.3. The number of hydrazone groups is 1. The number of hydrogen-bond donors (Lipinski definition) is 1. The Morgan fingerprint density at radius 2 is 1.55 bits per heavy atom. The number of nitrogens with one attached hydrogen (secondary N) is 1. The van der Waals surface area contributed by atoms with Crippen LogP contribution in [0.25, 0.3) is 5.69 Å². The Morgan fingerprint density at radius 3 is 2.15 bits per heavy atom. The van der Waals surface area contributed by atoms with Crippen LogP contribution in [-0.2, 0) is 5.41 Å². The van der Waals surface area contributed by atoms with Crippen LogP contribution >= 0.6 is 0 Å². The van der Waals surface area contributed by atoms with E-state index in [1.807, 2.05) is 24.3 Å². The number of nitrogens with zero attached hydrogens (tertiary/aromatic N) is 3. The second kappa shape index (κ2) is 9.26. The molecule has 5 nitrogen and oxygen atoms in total. The summed E-state index contributed by atoms with van der Waals surface area (Å²) < 4.78 is 2.21. The number of anilines is 1. The second-order valence-corrected chi connectivity index (χ2v) is 9.90. The van der Waals surface area contributed by atoms with Gasteiger partial charge >= 0.3 is 0 Å². The van der Waals surface area contributed by atoms with Gasteiger partial charge in [0.2, 0.25) is 0 Å². The number of benzene rings is 2. The van der Waals surface area contributed by atoms with Crippen LogP contribution in [0.15, 0.2) is 59.7 Å². The summed E-state index contributed by atoms with van der Waals surface area (Å²) in [5.74, 6) is -0.203. The average molecular weight is 443 g/mol. The van der Waals surface area contributed by atoms with Crippen molar-refractivity contribution in [2.45, 2.75) is 52.9 Å². The van der Waals surface area contributed by atoms with E-state index in [1.165, 1.54) is 24.1 Å². The molecule has 1 aliphatic rings. The Balaban J connectivity index is 1.44. The van der Waals surface area contributed by atoms with E-state index in [0.29, 0.717) is 5.56 Å². The third kappa shape index (κ3) is 5.03. The fourth-order valence-corrected chi connectivity index (χ4v) is 4.45. The lowest BCUT2D eigenvalue weighted by Gasteiger charge is -2.20. The van der Waals surface area contributed by atoms with E-state index in [2.05, 4.69) is 84.9 Å². The van der Waals surface area contributed by atoms with Crippen molar-refractivity contribution in [1.29, 1.82) is 0 Å². The average Bonchev–Trinajstić information content (AvgIpc) is 3.42. The molecule has 1 aliphatic heterocycles.